The summed E-state index contributed by atoms with van der Waals surface area (Å²) in [5, 5.41) is 1.09. The average molecular weight is 389 g/mol. The van der Waals surface area contributed by atoms with E-state index in [9.17, 15) is 9.59 Å². The van der Waals surface area contributed by atoms with E-state index in [0.29, 0.717) is 30.1 Å². The first-order valence-electron chi connectivity index (χ1n) is 9.20. The Morgan fingerprint density at radius 3 is 2.59 bits per heavy atom. The van der Waals surface area contributed by atoms with E-state index in [-0.39, 0.29) is 6.42 Å². The molecule has 1 aliphatic rings. The molecule has 6 heteroatoms. The molecule has 1 aliphatic carbocycles. The number of methoxy groups -OCH3 is 1. The van der Waals surface area contributed by atoms with Gasteiger partial charge in [-0.3, -0.25) is 4.79 Å². The summed E-state index contributed by atoms with van der Waals surface area (Å²) in [5.74, 6) is 0.225. The van der Waals surface area contributed by atoms with Crippen molar-refractivity contribution < 1.29 is 23.8 Å². The van der Waals surface area contributed by atoms with Crippen molar-refractivity contribution in [3.63, 3.8) is 0 Å². The second-order valence-electron chi connectivity index (χ2n) is 6.65. The lowest BCUT2D eigenvalue weighted by Crippen LogP contribution is -2.05. The number of allylic oxidation sites excluding steroid dienone is 1. The van der Waals surface area contributed by atoms with Crippen molar-refractivity contribution in [2.24, 2.45) is 0 Å². The maximum absolute atomic E-state index is 12.0. The highest BCUT2D eigenvalue weighted by Gasteiger charge is 2.33. The smallest absolute Gasteiger partial charge is 0.337 e. The van der Waals surface area contributed by atoms with Gasteiger partial charge in [0.05, 0.1) is 30.3 Å². The van der Waals surface area contributed by atoms with Crippen LogP contribution in [0.5, 0.6) is 5.75 Å². The molecule has 4 rings (SSSR count). The molecule has 0 bridgehead atoms. The molecule has 1 heterocycles. The Hall–Kier alpha value is -3.67. The summed E-state index contributed by atoms with van der Waals surface area (Å²) in [6.45, 7) is 0.358. The number of rotatable bonds is 7. The highest BCUT2D eigenvalue weighted by atomic mass is 16.6. The van der Waals surface area contributed by atoms with Crippen molar-refractivity contribution in [2.75, 3.05) is 7.11 Å². The zero-order chi connectivity index (χ0) is 20.2. The second kappa shape index (κ2) is 8.14. The summed E-state index contributed by atoms with van der Waals surface area (Å²) in [6.07, 6.45) is 0.485. The topological polar surface area (TPSA) is 74.7 Å². The van der Waals surface area contributed by atoms with Crippen molar-refractivity contribution in [1.82, 2.24) is 4.98 Å². The molecule has 1 aromatic heterocycles. The van der Waals surface area contributed by atoms with Crippen LogP contribution in [0.25, 0.3) is 10.9 Å². The number of nitrogens with zero attached hydrogens (tertiary/aromatic N) is 1. The number of hydrogen-bond acceptors (Lipinski definition) is 6. The molecule has 0 atom stereocenters. The van der Waals surface area contributed by atoms with Crippen molar-refractivity contribution in [3.05, 3.63) is 83.3 Å². The normalized spacial score (nSPS) is 12.6. The maximum atomic E-state index is 12.0. The van der Waals surface area contributed by atoms with E-state index in [1.54, 1.807) is 12.1 Å². The summed E-state index contributed by atoms with van der Waals surface area (Å²) < 4.78 is 15.5. The number of hydrogen-bond donors (Lipinski definition) is 0. The number of aromatic nitrogens is 1. The Morgan fingerprint density at radius 1 is 1.00 bits per heavy atom. The fraction of sp³-hybridized carbons (Fsp3) is 0.174. The molecule has 0 saturated heterocycles. The lowest BCUT2D eigenvalue weighted by molar-refractivity contribution is -0.138. The molecule has 3 aromatic rings. The zero-order valence-electron chi connectivity index (χ0n) is 15.9. The van der Waals surface area contributed by atoms with E-state index in [1.807, 2.05) is 48.5 Å². The van der Waals surface area contributed by atoms with Crippen molar-refractivity contribution in [1.29, 1.82) is 0 Å². The van der Waals surface area contributed by atoms with Gasteiger partial charge in [0, 0.05) is 11.8 Å². The van der Waals surface area contributed by atoms with Crippen LogP contribution < -0.4 is 4.74 Å². The van der Waals surface area contributed by atoms with Crippen LogP contribution in [0.15, 0.2) is 72.0 Å². The van der Waals surface area contributed by atoms with Crippen LogP contribution in [0.4, 0.5) is 0 Å². The molecule has 0 fully saturated rings. The van der Waals surface area contributed by atoms with Crippen LogP contribution in [0, 0.1) is 0 Å². The maximum Gasteiger partial charge on any atom is 0.337 e. The molecule has 0 radical (unpaired) electrons. The molecule has 0 unspecified atom stereocenters. The monoisotopic (exact) mass is 389 g/mol. The molecule has 2 aromatic carbocycles. The van der Waals surface area contributed by atoms with Gasteiger partial charge in [-0.2, -0.15) is 0 Å². The molecule has 0 aliphatic heterocycles. The van der Waals surface area contributed by atoms with E-state index in [2.05, 4.69) is 9.72 Å². The minimum atomic E-state index is -0.449. The molecule has 0 saturated carbocycles. The van der Waals surface area contributed by atoms with Gasteiger partial charge < -0.3 is 14.2 Å². The van der Waals surface area contributed by atoms with Crippen LogP contribution in [0.1, 0.15) is 17.7 Å². The summed E-state index contributed by atoms with van der Waals surface area (Å²) in [7, 11) is 1.30. The molecule has 29 heavy (non-hydrogen) atoms. The predicted octanol–water partition coefficient (Wildman–Crippen LogP) is 3.73. The van der Waals surface area contributed by atoms with Gasteiger partial charge in [0.1, 0.15) is 18.1 Å². The fourth-order valence-corrected chi connectivity index (χ4v) is 2.91. The Balaban J connectivity index is 1.30. The van der Waals surface area contributed by atoms with Crippen molar-refractivity contribution in [3.8, 4) is 5.75 Å². The molecule has 0 spiro atoms. The minimum absolute atomic E-state index is 0.116. The first-order valence-corrected chi connectivity index (χ1v) is 9.20. The number of fused-ring (bicyclic) bond motifs is 1. The van der Waals surface area contributed by atoms with Gasteiger partial charge in [0.25, 0.3) is 0 Å². The van der Waals surface area contributed by atoms with Crippen LogP contribution in [-0.2, 0) is 32.1 Å². The second-order valence-corrected chi connectivity index (χ2v) is 6.65. The Morgan fingerprint density at radius 2 is 1.79 bits per heavy atom. The summed E-state index contributed by atoms with van der Waals surface area (Å²) in [4.78, 5) is 27.9. The minimum Gasteiger partial charge on any atom is -0.487 e. The van der Waals surface area contributed by atoms with Crippen LogP contribution in [0.3, 0.4) is 0 Å². The standard InChI is InChI=1S/C23H19NO5/c1-27-23(26)19-13-21(19)29-22(25)12-15-6-10-18(11-7-15)28-14-17-9-8-16-4-2-3-5-20(16)24-17/h2-11H,12-14H2,1H3. The van der Waals surface area contributed by atoms with Crippen molar-refractivity contribution in [2.45, 2.75) is 19.4 Å². The number of ether oxygens (including phenoxy) is 3. The Bertz CT molecular complexity index is 1100. The molecule has 0 N–H and O–H groups in total. The number of carbonyl (C=O) groups excluding carboxylic acids is 2. The number of para-hydroxylation sites is 1. The Labute approximate surface area is 167 Å². The molecule has 146 valence electrons. The van der Waals surface area contributed by atoms with Gasteiger partial charge in [-0.1, -0.05) is 36.4 Å². The largest absolute Gasteiger partial charge is 0.487 e. The lowest BCUT2D eigenvalue weighted by atomic mass is 10.1. The van der Waals surface area contributed by atoms with Crippen molar-refractivity contribution >= 4 is 22.8 Å². The first-order chi connectivity index (χ1) is 14.1. The molecule has 0 amide bonds. The van der Waals surface area contributed by atoms with E-state index in [0.717, 1.165) is 22.2 Å². The summed E-state index contributed by atoms with van der Waals surface area (Å²) in [5.41, 5.74) is 3.00. The molecular weight excluding hydrogens is 370 g/mol. The van der Waals surface area contributed by atoms with Gasteiger partial charge in [-0.15, -0.1) is 0 Å². The van der Waals surface area contributed by atoms with E-state index >= 15 is 0 Å². The summed E-state index contributed by atoms with van der Waals surface area (Å²) in [6, 6.07) is 19.1. The third kappa shape index (κ3) is 4.60. The third-order valence-electron chi connectivity index (χ3n) is 4.53. The number of pyridine rings is 1. The Kier molecular flexibility index (Phi) is 5.24. The molecular formula is C23H19NO5. The first kappa shape index (κ1) is 18.7. The number of benzene rings is 2. The van der Waals surface area contributed by atoms with E-state index in [1.165, 1.54) is 7.11 Å². The predicted molar refractivity (Wildman–Crippen MR) is 106 cm³/mol. The van der Waals surface area contributed by atoms with Gasteiger partial charge >= 0.3 is 11.9 Å². The van der Waals surface area contributed by atoms with E-state index < -0.39 is 11.9 Å². The van der Waals surface area contributed by atoms with Gasteiger partial charge in [-0.05, 0) is 29.8 Å². The highest BCUT2D eigenvalue weighted by Crippen LogP contribution is 2.33. The number of carbonyl (C=O) groups is 2. The van der Waals surface area contributed by atoms with Crippen LogP contribution >= 0.6 is 0 Å². The SMILES string of the molecule is COC(=O)C1=C(OC(=O)Cc2ccc(OCc3ccc4ccccc4n3)cc2)C1. The third-order valence-corrected chi connectivity index (χ3v) is 4.53. The summed E-state index contributed by atoms with van der Waals surface area (Å²) >= 11 is 0. The molecule has 6 nitrogen and oxygen atoms in total. The van der Waals surface area contributed by atoms with Gasteiger partial charge in [0.15, 0.2) is 0 Å². The van der Waals surface area contributed by atoms with Gasteiger partial charge in [-0.25, -0.2) is 9.78 Å². The zero-order valence-corrected chi connectivity index (χ0v) is 15.9. The highest BCUT2D eigenvalue weighted by molar-refractivity contribution is 5.95. The quantitative estimate of drug-likeness (QED) is 0.573. The average Bonchev–Trinajstić information content (AvgIpc) is 3.51. The van der Waals surface area contributed by atoms with Crippen LogP contribution in [0.2, 0.25) is 0 Å². The van der Waals surface area contributed by atoms with E-state index in [4.69, 9.17) is 9.47 Å². The van der Waals surface area contributed by atoms with Crippen LogP contribution in [-0.4, -0.2) is 24.0 Å². The lowest BCUT2D eigenvalue weighted by Gasteiger charge is -2.08. The number of esters is 2. The fourth-order valence-electron chi connectivity index (χ4n) is 2.91. The van der Waals surface area contributed by atoms with Gasteiger partial charge in [0.2, 0.25) is 0 Å².